The molecule has 8 heteroatoms. The smallest absolute Gasteiger partial charge is 0.338 e. The lowest BCUT2D eigenvalue weighted by molar-refractivity contribution is -0.139. The number of nitrogens with zero attached hydrogens (tertiary/aromatic N) is 2. The SMILES string of the molecule is CCOC(=O)C1=C(C)N=C2SC=CN2[C@@H]1c1ccc(OCc2ccc(Cl)cc2)c(OC)c1. The van der Waals surface area contributed by atoms with E-state index < -0.39 is 0 Å². The number of allylic oxidation sites excluding steroid dienone is 1. The summed E-state index contributed by atoms with van der Waals surface area (Å²) in [5.41, 5.74) is 3.04. The average Bonchev–Trinajstić information content (AvgIpc) is 3.25. The number of fused-ring (bicyclic) bond motifs is 1. The molecule has 0 saturated carbocycles. The summed E-state index contributed by atoms with van der Waals surface area (Å²) in [5, 5.41) is 3.46. The largest absolute Gasteiger partial charge is 0.493 e. The fourth-order valence-corrected chi connectivity index (χ4v) is 4.53. The van der Waals surface area contributed by atoms with Crippen LogP contribution in [-0.2, 0) is 16.1 Å². The Morgan fingerprint density at radius 2 is 1.97 bits per heavy atom. The van der Waals surface area contributed by atoms with E-state index in [2.05, 4.69) is 4.99 Å². The van der Waals surface area contributed by atoms with Gasteiger partial charge in [0, 0.05) is 11.2 Å². The molecule has 0 N–H and O–H groups in total. The van der Waals surface area contributed by atoms with Gasteiger partial charge in [0.05, 0.1) is 31.0 Å². The first kappa shape index (κ1) is 22.3. The maximum absolute atomic E-state index is 12.8. The number of ether oxygens (including phenoxy) is 3. The van der Waals surface area contributed by atoms with Crippen molar-refractivity contribution in [1.29, 1.82) is 0 Å². The second-order valence-corrected chi connectivity index (χ2v) is 8.46. The van der Waals surface area contributed by atoms with Gasteiger partial charge in [-0.25, -0.2) is 9.79 Å². The fraction of sp³-hybridized carbons (Fsp3) is 0.250. The van der Waals surface area contributed by atoms with Crippen LogP contribution in [0, 0.1) is 0 Å². The fourth-order valence-electron chi connectivity index (χ4n) is 3.61. The van der Waals surface area contributed by atoms with Crippen molar-refractivity contribution >= 4 is 34.5 Å². The van der Waals surface area contributed by atoms with E-state index in [0.29, 0.717) is 41.0 Å². The number of hydrogen-bond acceptors (Lipinski definition) is 7. The zero-order valence-electron chi connectivity index (χ0n) is 18.0. The number of carbonyl (C=O) groups excluding carboxylic acids is 1. The quantitative estimate of drug-likeness (QED) is 0.484. The van der Waals surface area contributed by atoms with Gasteiger partial charge in [-0.1, -0.05) is 41.6 Å². The van der Waals surface area contributed by atoms with Crippen molar-refractivity contribution in [2.45, 2.75) is 26.5 Å². The predicted molar refractivity (Wildman–Crippen MR) is 127 cm³/mol. The van der Waals surface area contributed by atoms with Crippen LogP contribution >= 0.6 is 23.4 Å². The van der Waals surface area contributed by atoms with Crippen molar-refractivity contribution in [3.63, 3.8) is 0 Å². The molecule has 0 fully saturated rings. The van der Waals surface area contributed by atoms with Crippen molar-refractivity contribution in [2.75, 3.05) is 13.7 Å². The maximum atomic E-state index is 12.8. The van der Waals surface area contributed by atoms with Crippen molar-refractivity contribution in [2.24, 2.45) is 4.99 Å². The van der Waals surface area contributed by atoms with Gasteiger partial charge in [0.2, 0.25) is 0 Å². The van der Waals surface area contributed by atoms with Crippen LogP contribution in [0.3, 0.4) is 0 Å². The monoisotopic (exact) mass is 470 g/mol. The molecule has 2 aliphatic rings. The summed E-state index contributed by atoms with van der Waals surface area (Å²) >= 11 is 7.47. The zero-order valence-corrected chi connectivity index (χ0v) is 19.6. The van der Waals surface area contributed by atoms with Gasteiger partial charge in [-0.3, -0.25) is 0 Å². The molecule has 0 bridgehead atoms. The second-order valence-electron chi connectivity index (χ2n) is 7.15. The summed E-state index contributed by atoms with van der Waals surface area (Å²) in [6.45, 7) is 4.31. The van der Waals surface area contributed by atoms with Crippen LogP contribution in [0.5, 0.6) is 11.5 Å². The molecule has 0 amide bonds. The summed E-state index contributed by atoms with van der Waals surface area (Å²) < 4.78 is 16.9. The number of carbonyl (C=O) groups is 1. The number of amidine groups is 1. The van der Waals surface area contributed by atoms with Crippen molar-refractivity contribution < 1.29 is 19.0 Å². The minimum Gasteiger partial charge on any atom is -0.493 e. The van der Waals surface area contributed by atoms with Gasteiger partial charge < -0.3 is 19.1 Å². The first-order valence-electron chi connectivity index (χ1n) is 10.1. The van der Waals surface area contributed by atoms with Crippen LogP contribution < -0.4 is 9.47 Å². The summed E-state index contributed by atoms with van der Waals surface area (Å²) in [6, 6.07) is 12.8. The third-order valence-corrected chi connectivity index (χ3v) is 6.15. The number of aliphatic imine (C=N–C) groups is 1. The van der Waals surface area contributed by atoms with E-state index in [4.69, 9.17) is 25.8 Å². The molecule has 166 valence electrons. The Kier molecular flexibility index (Phi) is 6.77. The van der Waals surface area contributed by atoms with E-state index in [-0.39, 0.29) is 12.0 Å². The number of thioether (sulfide) groups is 1. The number of halogens is 1. The van der Waals surface area contributed by atoms with Gasteiger partial charge in [0.25, 0.3) is 0 Å². The lowest BCUT2D eigenvalue weighted by Crippen LogP contribution is -2.34. The van der Waals surface area contributed by atoms with Gasteiger partial charge in [-0.2, -0.15) is 0 Å². The number of esters is 1. The number of hydrogen-bond donors (Lipinski definition) is 0. The Labute approximate surface area is 196 Å². The van der Waals surface area contributed by atoms with E-state index in [9.17, 15) is 4.79 Å². The highest BCUT2D eigenvalue weighted by molar-refractivity contribution is 8.16. The molecule has 0 saturated heterocycles. The third-order valence-electron chi connectivity index (χ3n) is 5.13. The molecule has 2 aromatic rings. The maximum Gasteiger partial charge on any atom is 0.338 e. The minimum absolute atomic E-state index is 0.296. The van der Waals surface area contributed by atoms with Crippen molar-refractivity contribution in [3.8, 4) is 11.5 Å². The highest BCUT2D eigenvalue weighted by Gasteiger charge is 2.37. The molecule has 0 spiro atoms. The molecule has 0 unspecified atom stereocenters. The summed E-state index contributed by atoms with van der Waals surface area (Å²) in [4.78, 5) is 19.4. The van der Waals surface area contributed by atoms with Crippen LogP contribution in [0.25, 0.3) is 0 Å². The Morgan fingerprint density at radius 3 is 2.69 bits per heavy atom. The lowest BCUT2D eigenvalue weighted by atomic mass is 9.94. The van der Waals surface area contributed by atoms with Gasteiger partial charge in [-0.05, 0) is 54.6 Å². The molecular formula is C24H23ClN2O4S. The second kappa shape index (κ2) is 9.71. The molecular weight excluding hydrogens is 448 g/mol. The normalized spacial score (nSPS) is 17.2. The molecule has 0 radical (unpaired) electrons. The van der Waals surface area contributed by atoms with E-state index in [0.717, 1.165) is 16.3 Å². The molecule has 0 aliphatic carbocycles. The summed E-state index contributed by atoms with van der Waals surface area (Å²) in [7, 11) is 1.60. The first-order chi connectivity index (χ1) is 15.5. The van der Waals surface area contributed by atoms with Crippen molar-refractivity contribution in [3.05, 3.63) is 81.5 Å². The van der Waals surface area contributed by atoms with Gasteiger partial charge >= 0.3 is 5.97 Å². The summed E-state index contributed by atoms with van der Waals surface area (Å²) in [6.07, 6.45) is 1.93. The number of rotatable bonds is 7. The van der Waals surface area contributed by atoms with Crippen LogP contribution in [0.2, 0.25) is 5.02 Å². The van der Waals surface area contributed by atoms with Crippen LogP contribution in [-0.4, -0.2) is 29.8 Å². The molecule has 1 atom stereocenters. The van der Waals surface area contributed by atoms with Crippen LogP contribution in [0.15, 0.2) is 70.3 Å². The van der Waals surface area contributed by atoms with E-state index >= 15 is 0 Å². The lowest BCUT2D eigenvalue weighted by Gasteiger charge is -2.33. The molecule has 6 nitrogen and oxygen atoms in total. The van der Waals surface area contributed by atoms with E-state index in [1.807, 2.05) is 65.9 Å². The van der Waals surface area contributed by atoms with Gasteiger partial charge in [-0.15, -0.1) is 0 Å². The molecule has 4 rings (SSSR count). The predicted octanol–water partition coefficient (Wildman–Crippen LogP) is 5.70. The highest BCUT2D eigenvalue weighted by Crippen LogP contribution is 2.43. The Balaban J connectivity index is 1.65. The number of benzene rings is 2. The zero-order chi connectivity index (χ0) is 22.7. The highest BCUT2D eigenvalue weighted by atomic mass is 35.5. The van der Waals surface area contributed by atoms with E-state index in [1.165, 1.54) is 11.8 Å². The standard InChI is InChI=1S/C24H23ClN2O4S/c1-4-30-23(28)21-15(2)26-24-27(11-12-32-24)22(21)17-7-10-19(20(13-17)29-3)31-14-16-5-8-18(25)9-6-16/h5-13,22H,4,14H2,1-3H3/t22-/m1/s1. The molecule has 2 heterocycles. The van der Waals surface area contributed by atoms with E-state index in [1.54, 1.807) is 14.0 Å². The van der Waals surface area contributed by atoms with Gasteiger partial charge in [0.15, 0.2) is 16.7 Å². The molecule has 2 aromatic carbocycles. The van der Waals surface area contributed by atoms with Crippen LogP contribution in [0.4, 0.5) is 0 Å². The molecule has 0 aromatic heterocycles. The molecule has 2 aliphatic heterocycles. The Morgan fingerprint density at radius 1 is 1.19 bits per heavy atom. The average molecular weight is 471 g/mol. The Bertz CT molecular complexity index is 1110. The van der Waals surface area contributed by atoms with Crippen molar-refractivity contribution in [1.82, 2.24) is 4.90 Å². The summed E-state index contributed by atoms with van der Waals surface area (Å²) in [5.74, 6) is 0.822. The van der Waals surface area contributed by atoms with Crippen LogP contribution in [0.1, 0.15) is 31.0 Å². The minimum atomic E-state index is -0.370. The molecule has 32 heavy (non-hydrogen) atoms. The Hall–Kier alpha value is -2.90. The first-order valence-corrected chi connectivity index (χ1v) is 11.4. The number of methoxy groups -OCH3 is 1. The third kappa shape index (κ3) is 4.49. The topological polar surface area (TPSA) is 60.4 Å². The van der Waals surface area contributed by atoms with Gasteiger partial charge in [0.1, 0.15) is 6.61 Å².